The first-order chi connectivity index (χ1) is 10.9. The van der Waals surface area contributed by atoms with Gasteiger partial charge in [0.25, 0.3) is 0 Å². The first-order valence-electron chi connectivity index (χ1n) is 8.19. The lowest BCUT2D eigenvalue weighted by molar-refractivity contribution is -0.133. The number of carbonyl (C=O) groups is 2. The molecule has 122 valence electrons. The highest BCUT2D eigenvalue weighted by atomic mass is 16.2. The van der Waals surface area contributed by atoms with Gasteiger partial charge in [-0.15, -0.1) is 0 Å². The summed E-state index contributed by atoms with van der Waals surface area (Å²) in [5, 5.41) is 0. The summed E-state index contributed by atoms with van der Waals surface area (Å²) in [4.78, 5) is 24.7. The van der Waals surface area contributed by atoms with Crippen LogP contribution >= 0.6 is 0 Å². The van der Waals surface area contributed by atoms with Crippen LogP contribution in [0.1, 0.15) is 38.7 Å². The minimum Gasteiger partial charge on any atom is -0.273 e. The molecule has 2 atom stereocenters. The van der Waals surface area contributed by atoms with Crippen LogP contribution in [0.3, 0.4) is 0 Å². The van der Waals surface area contributed by atoms with Crippen molar-refractivity contribution in [3.63, 3.8) is 0 Å². The van der Waals surface area contributed by atoms with Crippen molar-refractivity contribution < 1.29 is 9.59 Å². The molecular weight excluding hydrogens is 288 g/mol. The number of amides is 2. The topological polar surface area (TPSA) is 58.2 Å². The minimum absolute atomic E-state index is 0.00361. The van der Waals surface area contributed by atoms with Crippen LogP contribution in [0.15, 0.2) is 42.5 Å². The predicted octanol–water partition coefficient (Wildman–Crippen LogP) is 2.76. The van der Waals surface area contributed by atoms with Crippen LogP contribution in [0.2, 0.25) is 0 Å². The molecule has 4 heteroatoms. The van der Waals surface area contributed by atoms with Gasteiger partial charge in [-0.25, -0.2) is 0 Å². The van der Waals surface area contributed by atoms with E-state index in [0.29, 0.717) is 5.92 Å². The Morgan fingerprint density at radius 3 is 2.52 bits per heavy atom. The van der Waals surface area contributed by atoms with E-state index in [1.165, 1.54) is 0 Å². The number of carbonyl (C=O) groups excluding carboxylic acids is 2. The van der Waals surface area contributed by atoms with E-state index in [1.54, 1.807) is 0 Å². The van der Waals surface area contributed by atoms with Gasteiger partial charge in [0.1, 0.15) is 0 Å². The smallest absolute Gasteiger partial charge is 0.248 e. The van der Waals surface area contributed by atoms with Gasteiger partial charge in [-0.3, -0.25) is 20.4 Å². The Morgan fingerprint density at radius 1 is 1.22 bits per heavy atom. The van der Waals surface area contributed by atoms with Gasteiger partial charge in [0.05, 0.1) is 11.8 Å². The summed E-state index contributed by atoms with van der Waals surface area (Å²) in [6, 6.07) is 9.48. The summed E-state index contributed by atoms with van der Waals surface area (Å²) in [6.45, 7) is 8.54. The lowest BCUT2D eigenvalue weighted by atomic mass is 9.68. The van der Waals surface area contributed by atoms with Gasteiger partial charge in [-0.05, 0) is 36.2 Å². The zero-order valence-corrected chi connectivity index (χ0v) is 13.8. The third-order valence-electron chi connectivity index (χ3n) is 5.85. The van der Waals surface area contributed by atoms with Gasteiger partial charge in [0, 0.05) is 0 Å². The normalized spacial score (nSPS) is 27.7. The van der Waals surface area contributed by atoms with Crippen LogP contribution in [0.5, 0.6) is 0 Å². The van der Waals surface area contributed by atoms with Crippen molar-refractivity contribution in [2.75, 3.05) is 0 Å². The molecule has 0 saturated heterocycles. The molecule has 0 aliphatic heterocycles. The molecule has 23 heavy (non-hydrogen) atoms. The summed E-state index contributed by atoms with van der Waals surface area (Å²) in [7, 11) is 0. The summed E-state index contributed by atoms with van der Waals surface area (Å²) in [5.41, 5.74) is 6.61. The van der Waals surface area contributed by atoms with Crippen LogP contribution in [0, 0.1) is 16.7 Å². The molecule has 2 aliphatic rings. The van der Waals surface area contributed by atoms with E-state index in [0.717, 1.165) is 30.4 Å². The molecule has 2 bridgehead atoms. The molecule has 2 fully saturated rings. The number of benzene rings is 1. The molecule has 0 spiro atoms. The number of rotatable bonds is 3. The molecular formula is C19H24N2O2. The molecule has 0 aromatic heterocycles. The number of fused-ring (bicyclic) bond motifs is 2. The average molecular weight is 312 g/mol. The van der Waals surface area contributed by atoms with Crippen molar-refractivity contribution in [3.8, 4) is 0 Å². The van der Waals surface area contributed by atoms with E-state index in [2.05, 4.69) is 31.3 Å². The van der Waals surface area contributed by atoms with E-state index in [4.69, 9.17) is 0 Å². The molecule has 2 N–H and O–H groups in total. The van der Waals surface area contributed by atoms with Crippen molar-refractivity contribution in [1.29, 1.82) is 0 Å². The molecule has 0 radical (unpaired) electrons. The average Bonchev–Trinajstić information content (AvgIpc) is 3.06. The van der Waals surface area contributed by atoms with Gasteiger partial charge >= 0.3 is 0 Å². The zero-order valence-electron chi connectivity index (χ0n) is 13.8. The molecule has 2 unspecified atom stereocenters. The Bertz CT molecular complexity index is 651. The zero-order chi connectivity index (χ0) is 16.7. The molecule has 0 heterocycles. The Hall–Kier alpha value is -2.10. The Balaban J connectivity index is 1.60. The van der Waals surface area contributed by atoms with E-state index >= 15 is 0 Å². The minimum atomic E-state index is -0.506. The second kappa shape index (κ2) is 5.52. The lowest BCUT2D eigenvalue weighted by Gasteiger charge is -2.37. The monoisotopic (exact) mass is 312 g/mol. The maximum absolute atomic E-state index is 12.7. The number of hydrogen-bond acceptors (Lipinski definition) is 2. The van der Waals surface area contributed by atoms with Crippen LogP contribution < -0.4 is 10.9 Å². The first kappa shape index (κ1) is 15.8. The summed E-state index contributed by atoms with van der Waals surface area (Å²) in [5.74, 6) is 0.191. The molecule has 2 saturated carbocycles. The van der Waals surface area contributed by atoms with E-state index < -0.39 is 5.41 Å². The van der Waals surface area contributed by atoms with Crippen LogP contribution in [0.25, 0.3) is 0 Å². The van der Waals surface area contributed by atoms with E-state index in [-0.39, 0.29) is 23.7 Å². The third kappa shape index (κ3) is 2.56. The van der Waals surface area contributed by atoms with Gasteiger partial charge in [0.2, 0.25) is 11.8 Å². The maximum atomic E-state index is 12.7. The lowest BCUT2D eigenvalue weighted by Crippen LogP contribution is -2.49. The van der Waals surface area contributed by atoms with Crippen LogP contribution in [0.4, 0.5) is 0 Å². The van der Waals surface area contributed by atoms with Gasteiger partial charge < -0.3 is 0 Å². The van der Waals surface area contributed by atoms with Gasteiger partial charge in [0.15, 0.2) is 0 Å². The molecule has 3 rings (SSSR count). The van der Waals surface area contributed by atoms with Crippen LogP contribution in [-0.4, -0.2) is 11.8 Å². The fourth-order valence-corrected chi connectivity index (χ4v) is 4.21. The quantitative estimate of drug-likeness (QED) is 0.666. The number of nitrogens with one attached hydrogen (secondary N) is 2. The third-order valence-corrected chi connectivity index (χ3v) is 5.85. The van der Waals surface area contributed by atoms with E-state index in [9.17, 15) is 9.59 Å². The summed E-state index contributed by atoms with van der Waals surface area (Å²) in [6.07, 6.45) is 2.99. The Morgan fingerprint density at radius 2 is 1.91 bits per heavy atom. The van der Waals surface area contributed by atoms with Gasteiger partial charge in [-0.2, -0.15) is 0 Å². The molecule has 1 aromatic rings. The maximum Gasteiger partial charge on any atom is 0.248 e. The standard InChI is InChI=1S/C19H24N2O2/c1-13-18(2,3)15-9-10-19(13,12-15)17(23)21-20-16(22)11-14-7-5-4-6-8-14/h4-8,15H,1,9-12H2,2-3H3,(H,20,22)(H,21,23). The number of hydrogen-bond donors (Lipinski definition) is 2. The molecule has 2 amide bonds. The molecule has 2 aliphatic carbocycles. The highest BCUT2D eigenvalue weighted by Gasteiger charge is 2.60. The SMILES string of the molecule is C=C1C2(C(=O)NNC(=O)Cc3ccccc3)CCC(C2)C1(C)C. The fourth-order valence-electron chi connectivity index (χ4n) is 4.21. The second-order valence-corrected chi connectivity index (χ2v) is 7.39. The highest BCUT2D eigenvalue weighted by Crippen LogP contribution is 2.65. The Labute approximate surface area is 137 Å². The largest absolute Gasteiger partial charge is 0.273 e. The number of hydrazine groups is 1. The fraction of sp³-hybridized carbons (Fsp3) is 0.474. The van der Waals surface area contributed by atoms with Crippen molar-refractivity contribution in [2.45, 2.75) is 39.5 Å². The van der Waals surface area contributed by atoms with E-state index in [1.807, 2.05) is 30.3 Å². The van der Waals surface area contributed by atoms with Gasteiger partial charge in [-0.1, -0.05) is 56.3 Å². The van der Waals surface area contributed by atoms with Crippen molar-refractivity contribution in [3.05, 3.63) is 48.0 Å². The predicted molar refractivity (Wildman–Crippen MR) is 89.1 cm³/mol. The van der Waals surface area contributed by atoms with Crippen molar-refractivity contribution in [2.24, 2.45) is 16.7 Å². The highest BCUT2D eigenvalue weighted by molar-refractivity contribution is 5.89. The first-order valence-corrected chi connectivity index (χ1v) is 8.19. The van der Waals surface area contributed by atoms with Crippen LogP contribution in [-0.2, 0) is 16.0 Å². The Kier molecular flexibility index (Phi) is 3.78. The molecule has 1 aromatic carbocycles. The summed E-state index contributed by atoms with van der Waals surface area (Å²) >= 11 is 0. The molecule has 4 nitrogen and oxygen atoms in total. The van der Waals surface area contributed by atoms with Crippen molar-refractivity contribution in [1.82, 2.24) is 10.9 Å². The van der Waals surface area contributed by atoms with Crippen molar-refractivity contribution >= 4 is 11.8 Å². The second-order valence-electron chi connectivity index (χ2n) is 7.39. The summed E-state index contributed by atoms with van der Waals surface area (Å²) < 4.78 is 0.